The molecule has 3 aromatic rings. The third-order valence-corrected chi connectivity index (χ3v) is 3.97. The van der Waals surface area contributed by atoms with Gasteiger partial charge in [-0.2, -0.15) is 5.10 Å². The summed E-state index contributed by atoms with van der Waals surface area (Å²) in [4.78, 5) is 0. The molecule has 0 fully saturated rings. The number of rotatable bonds is 4. The first-order valence-corrected chi connectivity index (χ1v) is 8.09. The van der Waals surface area contributed by atoms with Crippen LogP contribution in [0.5, 0.6) is 0 Å². The van der Waals surface area contributed by atoms with E-state index in [1.807, 2.05) is 24.3 Å². The first-order chi connectivity index (χ1) is 12.6. The molecular weight excluding hydrogens is 328 g/mol. The number of pyridine rings is 1. The second-order valence-electron chi connectivity index (χ2n) is 5.93. The SMILES string of the molecule is Cc1ccc2n(C)c(/C=C/c3ccc(/C=N/N=C(\N)NO)cc3)c[n+]2c1. The quantitative estimate of drug-likeness (QED) is 0.291. The number of benzene rings is 1. The fourth-order valence-electron chi connectivity index (χ4n) is 2.58. The van der Waals surface area contributed by atoms with E-state index in [-0.39, 0.29) is 5.96 Å². The fraction of sp³-hybridized carbons (Fsp3) is 0.105. The van der Waals surface area contributed by atoms with Crippen molar-refractivity contribution in [2.24, 2.45) is 23.0 Å². The summed E-state index contributed by atoms with van der Waals surface area (Å²) in [5.41, 5.74) is 12.4. The summed E-state index contributed by atoms with van der Waals surface area (Å²) in [6.45, 7) is 2.08. The van der Waals surface area contributed by atoms with Crippen LogP contribution in [0.15, 0.2) is 59.0 Å². The van der Waals surface area contributed by atoms with E-state index in [2.05, 4.69) is 69.8 Å². The van der Waals surface area contributed by atoms with Crippen molar-refractivity contribution in [1.29, 1.82) is 0 Å². The van der Waals surface area contributed by atoms with E-state index in [0.29, 0.717) is 0 Å². The summed E-state index contributed by atoms with van der Waals surface area (Å²) < 4.78 is 4.27. The van der Waals surface area contributed by atoms with Crippen LogP contribution < -0.4 is 15.6 Å². The second kappa shape index (κ2) is 7.62. The van der Waals surface area contributed by atoms with E-state index in [1.165, 1.54) is 5.56 Å². The summed E-state index contributed by atoms with van der Waals surface area (Å²) in [6.07, 6.45) is 9.93. The summed E-state index contributed by atoms with van der Waals surface area (Å²) in [7, 11) is 2.05. The van der Waals surface area contributed by atoms with Crippen LogP contribution in [0.25, 0.3) is 17.8 Å². The molecule has 0 spiro atoms. The number of aryl methyl sites for hydroxylation is 2. The predicted octanol–water partition coefficient (Wildman–Crippen LogP) is 1.87. The molecular formula is C19H21N6O+. The van der Waals surface area contributed by atoms with Gasteiger partial charge in [-0.25, -0.2) is 14.4 Å². The van der Waals surface area contributed by atoms with Crippen molar-refractivity contribution in [1.82, 2.24) is 10.0 Å². The maximum Gasteiger partial charge on any atom is 0.286 e. The molecule has 0 amide bonds. The van der Waals surface area contributed by atoms with E-state index < -0.39 is 0 Å². The lowest BCUT2D eigenvalue weighted by Gasteiger charge is -1.95. The molecule has 7 nitrogen and oxygen atoms in total. The summed E-state index contributed by atoms with van der Waals surface area (Å²) in [5, 5.41) is 15.8. The Morgan fingerprint density at radius 1 is 1.12 bits per heavy atom. The van der Waals surface area contributed by atoms with Crippen LogP contribution in [-0.2, 0) is 7.05 Å². The number of hydrogen-bond donors (Lipinski definition) is 3. The Hall–Kier alpha value is -3.45. The van der Waals surface area contributed by atoms with Crippen molar-refractivity contribution in [2.75, 3.05) is 0 Å². The second-order valence-corrected chi connectivity index (χ2v) is 5.93. The largest absolute Gasteiger partial charge is 0.367 e. The number of nitrogens with two attached hydrogens (primary N) is 1. The first kappa shape index (κ1) is 17.4. The predicted molar refractivity (Wildman–Crippen MR) is 103 cm³/mol. The molecule has 0 aliphatic carbocycles. The molecule has 3 rings (SSSR count). The number of hydrogen-bond acceptors (Lipinski definition) is 3. The van der Waals surface area contributed by atoms with Crippen LogP contribution in [0, 0.1) is 6.92 Å². The summed E-state index contributed by atoms with van der Waals surface area (Å²) in [5.74, 6) is -0.163. The molecule has 132 valence electrons. The van der Waals surface area contributed by atoms with Gasteiger partial charge < -0.3 is 5.73 Å². The van der Waals surface area contributed by atoms with Crippen molar-refractivity contribution in [2.45, 2.75) is 6.92 Å². The highest BCUT2D eigenvalue weighted by Gasteiger charge is 2.11. The zero-order chi connectivity index (χ0) is 18.5. The van der Waals surface area contributed by atoms with Crippen LogP contribution in [0.1, 0.15) is 22.4 Å². The number of aromatic nitrogens is 2. The maximum absolute atomic E-state index is 8.51. The smallest absolute Gasteiger partial charge is 0.286 e. The van der Waals surface area contributed by atoms with Gasteiger partial charge in [0.15, 0.2) is 5.69 Å². The number of nitrogens with zero attached hydrogens (tertiary/aromatic N) is 4. The monoisotopic (exact) mass is 349 g/mol. The van der Waals surface area contributed by atoms with Crippen molar-refractivity contribution in [3.8, 4) is 0 Å². The highest BCUT2D eigenvalue weighted by Crippen LogP contribution is 2.11. The zero-order valence-corrected chi connectivity index (χ0v) is 14.7. The molecule has 0 radical (unpaired) electrons. The van der Waals surface area contributed by atoms with Gasteiger partial charge in [0.25, 0.3) is 5.65 Å². The molecule has 0 aliphatic rings. The van der Waals surface area contributed by atoms with E-state index in [1.54, 1.807) is 11.7 Å². The third kappa shape index (κ3) is 3.96. The Bertz CT molecular complexity index is 999. The molecule has 0 atom stereocenters. The van der Waals surface area contributed by atoms with Crippen LogP contribution in [0.2, 0.25) is 0 Å². The molecule has 4 N–H and O–H groups in total. The van der Waals surface area contributed by atoms with E-state index in [4.69, 9.17) is 10.9 Å². The molecule has 0 saturated carbocycles. The number of hydroxylamine groups is 1. The van der Waals surface area contributed by atoms with Gasteiger partial charge in [0.05, 0.1) is 19.5 Å². The molecule has 0 saturated heterocycles. The highest BCUT2D eigenvalue weighted by molar-refractivity contribution is 5.82. The molecule has 1 aromatic carbocycles. The lowest BCUT2D eigenvalue weighted by molar-refractivity contribution is -0.511. The minimum absolute atomic E-state index is 0.163. The Morgan fingerprint density at radius 3 is 2.58 bits per heavy atom. The Balaban J connectivity index is 1.76. The van der Waals surface area contributed by atoms with Crippen LogP contribution >= 0.6 is 0 Å². The first-order valence-electron chi connectivity index (χ1n) is 8.09. The summed E-state index contributed by atoms with van der Waals surface area (Å²) in [6, 6.07) is 12.1. The lowest BCUT2D eigenvalue weighted by Crippen LogP contribution is -2.27. The van der Waals surface area contributed by atoms with Gasteiger partial charge in [-0.1, -0.05) is 30.3 Å². The third-order valence-electron chi connectivity index (χ3n) is 3.97. The minimum Gasteiger partial charge on any atom is -0.367 e. The van der Waals surface area contributed by atoms with Gasteiger partial charge in [-0.05, 0) is 35.8 Å². The minimum atomic E-state index is -0.163. The molecule has 2 aromatic heterocycles. The number of fused-ring (bicyclic) bond motifs is 1. The summed E-state index contributed by atoms with van der Waals surface area (Å²) >= 11 is 0. The molecule has 0 aliphatic heterocycles. The van der Waals surface area contributed by atoms with Crippen LogP contribution in [0.3, 0.4) is 0 Å². The van der Waals surface area contributed by atoms with Crippen LogP contribution in [0.4, 0.5) is 0 Å². The van der Waals surface area contributed by atoms with Gasteiger partial charge in [0.1, 0.15) is 6.20 Å². The fourth-order valence-corrected chi connectivity index (χ4v) is 2.58. The highest BCUT2D eigenvalue weighted by atomic mass is 16.5. The van der Waals surface area contributed by atoms with Crippen molar-refractivity contribution < 1.29 is 9.61 Å². The number of imidazole rings is 1. The zero-order valence-electron chi connectivity index (χ0n) is 14.7. The molecule has 7 heteroatoms. The molecule has 26 heavy (non-hydrogen) atoms. The Morgan fingerprint density at radius 2 is 1.85 bits per heavy atom. The van der Waals surface area contributed by atoms with E-state index >= 15 is 0 Å². The number of nitrogens with one attached hydrogen (secondary N) is 1. The number of guanidine groups is 1. The van der Waals surface area contributed by atoms with E-state index in [9.17, 15) is 0 Å². The van der Waals surface area contributed by atoms with Gasteiger partial charge in [0, 0.05) is 6.07 Å². The topological polar surface area (TPSA) is 92.0 Å². The average Bonchev–Trinajstić information content (AvgIpc) is 2.96. The van der Waals surface area contributed by atoms with Crippen molar-refractivity contribution >= 4 is 30.0 Å². The molecule has 0 bridgehead atoms. The maximum atomic E-state index is 8.51. The van der Waals surface area contributed by atoms with Gasteiger partial charge in [-0.3, -0.25) is 5.21 Å². The average molecular weight is 349 g/mol. The van der Waals surface area contributed by atoms with Gasteiger partial charge in [-0.15, -0.1) is 5.10 Å². The normalized spacial score (nSPS) is 12.5. The molecule has 2 heterocycles. The van der Waals surface area contributed by atoms with Crippen LogP contribution in [-0.4, -0.2) is 21.9 Å². The van der Waals surface area contributed by atoms with E-state index in [0.717, 1.165) is 22.5 Å². The van der Waals surface area contributed by atoms with Crippen molar-refractivity contribution in [3.63, 3.8) is 0 Å². The van der Waals surface area contributed by atoms with Gasteiger partial charge >= 0.3 is 0 Å². The van der Waals surface area contributed by atoms with Crippen molar-refractivity contribution in [3.05, 3.63) is 71.2 Å². The standard InChI is InChI=1S/C19H21N6O/c1-14-3-10-18-24(2)17(13-25(18)12-14)9-8-15-4-6-16(7-5-15)11-21-22-19(20)23-26/h3-13,26H,1-2H3,(H3,20,22,23)/q+1/b9-8+,21-11+. The van der Waals surface area contributed by atoms with Gasteiger partial charge in [0.2, 0.25) is 5.96 Å². The molecule has 0 unspecified atom stereocenters. The Labute approximate surface area is 151 Å². The lowest BCUT2D eigenvalue weighted by atomic mass is 10.1. The Kier molecular flexibility index (Phi) is 5.09.